The lowest BCUT2D eigenvalue weighted by molar-refractivity contribution is -0.136. The van der Waals surface area contributed by atoms with Crippen LogP contribution in [0.2, 0.25) is 0 Å². The molecule has 0 bridgehead atoms. The van der Waals surface area contributed by atoms with Gasteiger partial charge in [0, 0.05) is 17.2 Å². The fraction of sp³-hybridized carbons (Fsp3) is 0.240. The number of aliphatic carboxylic acids is 1. The zero-order chi connectivity index (χ0) is 24.1. The van der Waals surface area contributed by atoms with Gasteiger partial charge in [-0.3, -0.25) is 4.79 Å². The molecule has 0 amide bonds. The van der Waals surface area contributed by atoms with Crippen LogP contribution < -0.4 is 4.74 Å². The lowest BCUT2D eigenvalue weighted by Gasteiger charge is -2.09. The number of rotatable bonds is 6. The van der Waals surface area contributed by atoms with Gasteiger partial charge in [0.15, 0.2) is 0 Å². The number of aromatic nitrogens is 1. The number of nitriles is 1. The van der Waals surface area contributed by atoms with Crippen molar-refractivity contribution in [1.29, 1.82) is 5.26 Å². The molecule has 3 aromatic rings. The molecule has 0 unspecified atom stereocenters. The van der Waals surface area contributed by atoms with Gasteiger partial charge in [0.2, 0.25) is 5.88 Å². The molecule has 0 fully saturated rings. The van der Waals surface area contributed by atoms with Crippen LogP contribution in [0.25, 0.3) is 11.3 Å². The third kappa shape index (κ3) is 7.47. The van der Waals surface area contributed by atoms with E-state index in [-0.39, 0.29) is 29.2 Å². The van der Waals surface area contributed by atoms with Crippen LogP contribution in [0.5, 0.6) is 5.88 Å². The van der Waals surface area contributed by atoms with Crippen molar-refractivity contribution >= 4 is 5.97 Å². The van der Waals surface area contributed by atoms with E-state index in [2.05, 4.69) is 4.98 Å². The first kappa shape index (κ1) is 26.2. The molecular formula is C25H26F2N2O3. The van der Waals surface area contributed by atoms with E-state index in [1.165, 1.54) is 24.3 Å². The standard InChI is InChI=1S/C21H14F2N2O3.2C2H6/c22-17-8-13(11-24)4-5-16(17)12-28-20-3-1-2-19(25-20)15-7-6-14(10-21(26)27)18(23)9-15;2*1-2/h1-9H,10,12H2,(H,26,27);2*1-2H3. The fourth-order valence-corrected chi connectivity index (χ4v) is 2.55. The minimum Gasteiger partial charge on any atom is -0.481 e. The highest BCUT2D eigenvalue weighted by atomic mass is 19.1. The molecule has 7 heteroatoms. The van der Waals surface area contributed by atoms with Gasteiger partial charge >= 0.3 is 5.97 Å². The van der Waals surface area contributed by atoms with E-state index in [0.717, 1.165) is 6.07 Å². The van der Waals surface area contributed by atoms with Gasteiger partial charge in [-0.1, -0.05) is 52.0 Å². The Labute approximate surface area is 186 Å². The molecule has 1 aromatic heterocycles. The zero-order valence-electron chi connectivity index (χ0n) is 18.5. The fourth-order valence-electron chi connectivity index (χ4n) is 2.55. The number of benzene rings is 2. The number of carbonyl (C=O) groups is 1. The molecule has 32 heavy (non-hydrogen) atoms. The molecule has 168 valence electrons. The predicted octanol–water partition coefficient (Wildman–Crippen LogP) is 6.16. The van der Waals surface area contributed by atoms with E-state index in [4.69, 9.17) is 15.1 Å². The number of carboxylic acids is 1. The average Bonchev–Trinajstić information content (AvgIpc) is 2.82. The summed E-state index contributed by atoms with van der Waals surface area (Å²) in [5.41, 5.74) is 1.46. The van der Waals surface area contributed by atoms with Crippen molar-refractivity contribution in [1.82, 2.24) is 4.98 Å². The van der Waals surface area contributed by atoms with Crippen LogP contribution >= 0.6 is 0 Å². The second-order valence-corrected chi connectivity index (χ2v) is 5.94. The van der Waals surface area contributed by atoms with E-state index in [9.17, 15) is 13.6 Å². The number of ether oxygens (including phenoxy) is 1. The minimum absolute atomic E-state index is 0.0833. The summed E-state index contributed by atoms with van der Waals surface area (Å²) in [5, 5.41) is 17.5. The molecule has 5 nitrogen and oxygen atoms in total. The number of hydrogen-bond donors (Lipinski definition) is 1. The summed E-state index contributed by atoms with van der Waals surface area (Å²) in [7, 11) is 0. The van der Waals surface area contributed by atoms with Crippen LogP contribution in [0.1, 0.15) is 44.4 Å². The molecule has 3 rings (SSSR count). The number of carboxylic acid groups (broad SMARTS) is 1. The number of hydrogen-bond acceptors (Lipinski definition) is 4. The normalized spacial score (nSPS) is 9.41. The molecule has 0 radical (unpaired) electrons. The topological polar surface area (TPSA) is 83.2 Å². The zero-order valence-corrected chi connectivity index (χ0v) is 18.5. The van der Waals surface area contributed by atoms with Gasteiger partial charge in [0.25, 0.3) is 0 Å². The van der Waals surface area contributed by atoms with Gasteiger partial charge < -0.3 is 9.84 Å². The van der Waals surface area contributed by atoms with Crippen LogP contribution in [-0.4, -0.2) is 16.1 Å². The Balaban J connectivity index is 0.00000121. The predicted molar refractivity (Wildman–Crippen MR) is 119 cm³/mol. The minimum atomic E-state index is -1.12. The molecule has 2 aromatic carbocycles. The van der Waals surface area contributed by atoms with E-state index >= 15 is 0 Å². The van der Waals surface area contributed by atoms with E-state index in [1.807, 2.05) is 33.8 Å². The molecule has 0 aliphatic carbocycles. The summed E-state index contributed by atoms with van der Waals surface area (Å²) >= 11 is 0. The molecule has 0 atom stereocenters. The molecule has 0 aliphatic heterocycles. The van der Waals surface area contributed by atoms with Crippen molar-refractivity contribution in [3.63, 3.8) is 0 Å². The van der Waals surface area contributed by atoms with E-state index in [0.29, 0.717) is 11.3 Å². The smallest absolute Gasteiger partial charge is 0.307 e. The van der Waals surface area contributed by atoms with Crippen molar-refractivity contribution in [3.05, 3.63) is 82.9 Å². The van der Waals surface area contributed by atoms with Crippen LogP contribution in [-0.2, 0) is 17.8 Å². The first-order valence-corrected chi connectivity index (χ1v) is 10.3. The highest BCUT2D eigenvalue weighted by molar-refractivity contribution is 5.71. The highest BCUT2D eigenvalue weighted by Crippen LogP contribution is 2.23. The highest BCUT2D eigenvalue weighted by Gasteiger charge is 2.10. The van der Waals surface area contributed by atoms with Gasteiger partial charge in [-0.25, -0.2) is 13.8 Å². The Morgan fingerprint density at radius 2 is 1.66 bits per heavy atom. The lowest BCUT2D eigenvalue weighted by atomic mass is 10.1. The summed E-state index contributed by atoms with van der Waals surface area (Å²) in [6.45, 7) is 7.92. The molecule has 0 saturated carbocycles. The van der Waals surface area contributed by atoms with E-state index in [1.54, 1.807) is 24.3 Å². The van der Waals surface area contributed by atoms with E-state index < -0.39 is 24.0 Å². The third-order valence-electron chi connectivity index (χ3n) is 3.97. The van der Waals surface area contributed by atoms with Crippen molar-refractivity contribution < 1.29 is 23.4 Å². The Morgan fingerprint density at radius 1 is 1.00 bits per heavy atom. The summed E-state index contributed by atoms with van der Waals surface area (Å²) in [6, 6.07) is 15.0. The van der Waals surface area contributed by atoms with Gasteiger partial charge in [0.05, 0.1) is 23.7 Å². The maximum atomic E-state index is 14.1. The van der Waals surface area contributed by atoms with Crippen LogP contribution in [0, 0.1) is 23.0 Å². The van der Waals surface area contributed by atoms with Crippen LogP contribution in [0.15, 0.2) is 54.6 Å². The SMILES string of the molecule is CC.CC.N#Cc1ccc(COc2cccc(-c3ccc(CC(=O)O)c(F)c3)n2)c(F)c1. The third-order valence-corrected chi connectivity index (χ3v) is 3.97. The summed E-state index contributed by atoms with van der Waals surface area (Å²) < 4.78 is 33.5. The van der Waals surface area contributed by atoms with Crippen LogP contribution in [0.4, 0.5) is 8.78 Å². The van der Waals surface area contributed by atoms with Crippen molar-refractivity contribution in [2.45, 2.75) is 40.7 Å². The summed E-state index contributed by atoms with van der Waals surface area (Å²) in [4.78, 5) is 15.0. The molecule has 0 aliphatic rings. The largest absolute Gasteiger partial charge is 0.481 e. The molecular weight excluding hydrogens is 414 g/mol. The van der Waals surface area contributed by atoms with Crippen molar-refractivity contribution in [2.75, 3.05) is 0 Å². The number of nitrogens with zero attached hydrogens (tertiary/aromatic N) is 2. The van der Waals surface area contributed by atoms with Gasteiger partial charge in [0.1, 0.15) is 18.2 Å². The van der Waals surface area contributed by atoms with Crippen molar-refractivity contribution in [3.8, 4) is 23.2 Å². The first-order chi connectivity index (χ1) is 15.5. The number of halogens is 2. The lowest BCUT2D eigenvalue weighted by Crippen LogP contribution is -2.03. The quantitative estimate of drug-likeness (QED) is 0.496. The van der Waals surface area contributed by atoms with Gasteiger partial charge in [-0.05, 0) is 29.8 Å². The van der Waals surface area contributed by atoms with Crippen LogP contribution in [0.3, 0.4) is 0 Å². The Morgan fingerprint density at radius 3 is 2.25 bits per heavy atom. The summed E-state index contributed by atoms with van der Waals surface area (Å²) in [6.07, 6.45) is -0.404. The second kappa shape index (κ2) is 13.5. The average molecular weight is 440 g/mol. The maximum absolute atomic E-state index is 14.1. The molecule has 0 spiro atoms. The number of pyridine rings is 1. The van der Waals surface area contributed by atoms with Crippen molar-refractivity contribution in [2.24, 2.45) is 0 Å². The van der Waals surface area contributed by atoms with Gasteiger partial charge in [-0.15, -0.1) is 0 Å². The monoisotopic (exact) mass is 440 g/mol. The first-order valence-electron chi connectivity index (χ1n) is 10.3. The molecule has 0 saturated heterocycles. The Kier molecular flexibility index (Phi) is 11.1. The second-order valence-electron chi connectivity index (χ2n) is 5.94. The molecule has 1 N–H and O–H groups in total. The molecule has 1 heterocycles. The van der Waals surface area contributed by atoms with Gasteiger partial charge in [-0.2, -0.15) is 5.26 Å². The maximum Gasteiger partial charge on any atom is 0.307 e. The summed E-state index contributed by atoms with van der Waals surface area (Å²) in [5.74, 6) is -2.08. The Bertz CT molecular complexity index is 1080. The Hall–Kier alpha value is -3.79.